The number of rotatable bonds is 2. The van der Waals surface area contributed by atoms with E-state index in [2.05, 4.69) is 33.9 Å². The van der Waals surface area contributed by atoms with Crippen molar-refractivity contribution in [2.24, 2.45) is 5.73 Å². The van der Waals surface area contributed by atoms with Crippen LogP contribution in [0.15, 0.2) is 27.6 Å². The van der Waals surface area contributed by atoms with Gasteiger partial charge in [0.2, 0.25) is 0 Å². The first-order valence-corrected chi connectivity index (χ1v) is 7.37. The van der Waals surface area contributed by atoms with Crippen molar-refractivity contribution in [1.29, 1.82) is 0 Å². The molecule has 1 amide bonds. The molecule has 0 bridgehead atoms. The molecule has 1 aromatic rings. The normalized spacial score (nSPS) is 23.7. The number of hydrogen-bond acceptors (Lipinski definition) is 3. The third-order valence-electron chi connectivity index (χ3n) is 3.33. The number of carbonyl (C=O) groups is 1. The van der Waals surface area contributed by atoms with Gasteiger partial charge in [0.1, 0.15) is 0 Å². The highest BCUT2D eigenvalue weighted by molar-refractivity contribution is 9.10. The summed E-state index contributed by atoms with van der Waals surface area (Å²) in [6, 6.07) is 5.59. The number of thiol groups is 1. The molecule has 1 aromatic carbocycles. The molecule has 0 aliphatic heterocycles. The zero-order valence-corrected chi connectivity index (χ0v) is 12.5. The van der Waals surface area contributed by atoms with Crippen LogP contribution in [0.1, 0.15) is 36.0 Å². The molecule has 1 saturated carbocycles. The molecule has 5 heteroatoms. The van der Waals surface area contributed by atoms with Gasteiger partial charge in [-0.25, -0.2) is 0 Å². The molecule has 2 rings (SSSR count). The summed E-state index contributed by atoms with van der Waals surface area (Å²) in [6.45, 7) is 0. The van der Waals surface area contributed by atoms with Gasteiger partial charge in [0, 0.05) is 21.5 Å². The standard InChI is InChI=1S/C13H17BrN2OS/c14-10-6-5-8(18)7-9(10)13(17)16-12-4-2-1-3-11(12)15/h5-7,11-12,18H,1-4,15H2,(H,16,17). The molecule has 0 radical (unpaired) electrons. The second kappa shape index (κ2) is 6.08. The number of amides is 1. The molecule has 18 heavy (non-hydrogen) atoms. The third-order valence-corrected chi connectivity index (χ3v) is 4.30. The van der Waals surface area contributed by atoms with Gasteiger partial charge in [0.05, 0.1) is 5.56 Å². The first-order valence-electron chi connectivity index (χ1n) is 6.13. The van der Waals surface area contributed by atoms with Gasteiger partial charge in [-0.2, -0.15) is 0 Å². The fourth-order valence-electron chi connectivity index (χ4n) is 2.27. The summed E-state index contributed by atoms with van der Waals surface area (Å²) in [7, 11) is 0. The Morgan fingerprint density at radius 2 is 2.11 bits per heavy atom. The lowest BCUT2D eigenvalue weighted by molar-refractivity contribution is 0.0920. The van der Waals surface area contributed by atoms with Crippen molar-refractivity contribution in [1.82, 2.24) is 5.32 Å². The summed E-state index contributed by atoms with van der Waals surface area (Å²) < 4.78 is 0.780. The van der Waals surface area contributed by atoms with Gasteiger partial charge < -0.3 is 11.1 Å². The molecular formula is C13H17BrN2OS. The molecule has 0 spiro atoms. The first-order chi connectivity index (χ1) is 8.58. The zero-order valence-electron chi connectivity index (χ0n) is 10.0. The number of nitrogens with one attached hydrogen (secondary N) is 1. The van der Waals surface area contributed by atoms with E-state index < -0.39 is 0 Å². The van der Waals surface area contributed by atoms with Crippen LogP contribution in [0.4, 0.5) is 0 Å². The quantitative estimate of drug-likeness (QED) is 0.731. The molecule has 3 nitrogen and oxygen atoms in total. The van der Waals surface area contributed by atoms with Crippen LogP contribution in [0.25, 0.3) is 0 Å². The van der Waals surface area contributed by atoms with Crippen LogP contribution in [-0.4, -0.2) is 18.0 Å². The van der Waals surface area contributed by atoms with Crippen molar-refractivity contribution in [3.63, 3.8) is 0 Å². The van der Waals surface area contributed by atoms with Gasteiger partial charge in [-0.05, 0) is 47.0 Å². The molecule has 0 aromatic heterocycles. The highest BCUT2D eigenvalue weighted by atomic mass is 79.9. The Hall–Kier alpha value is -0.520. The van der Waals surface area contributed by atoms with Crippen LogP contribution in [-0.2, 0) is 0 Å². The molecule has 98 valence electrons. The second-order valence-electron chi connectivity index (χ2n) is 4.69. The van der Waals surface area contributed by atoms with Gasteiger partial charge in [-0.15, -0.1) is 12.6 Å². The van der Waals surface area contributed by atoms with Crippen molar-refractivity contribution in [3.8, 4) is 0 Å². The third kappa shape index (κ3) is 3.28. The van der Waals surface area contributed by atoms with E-state index in [1.165, 1.54) is 0 Å². The summed E-state index contributed by atoms with van der Waals surface area (Å²) in [5.74, 6) is -0.0832. The van der Waals surface area contributed by atoms with Crippen molar-refractivity contribution in [2.45, 2.75) is 42.7 Å². The molecule has 2 unspecified atom stereocenters. The molecule has 1 aliphatic carbocycles. The minimum atomic E-state index is -0.0832. The summed E-state index contributed by atoms with van der Waals surface area (Å²) in [4.78, 5) is 13.0. The molecule has 0 heterocycles. The van der Waals surface area contributed by atoms with E-state index in [0.29, 0.717) is 5.56 Å². The van der Waals surface area contributed by atoms with Crippen molar-refractivity contribution in [3.05, 3.63) is 28.2 Å². The smallest absolute Gasteiger partial charge is 0.252 e. The van der Waals surface area contributed by atoms with E-state index in [0.717, 1.165) is 35.1 Å². The Kier molecular flexibility index (Phi) is 4.70. The van der Waals surface area contributed by atoms with E-state index in [1.54, 1.807) is 6.07 Å². The fourth-order valence-corrected chi connectivity index (χ4v) is 2.90. The van der Waals surface area contributed by atoms with Crippen LogP contribution >= 0.6 is 28.6 Å². The lowest BCUT2D eigenvalue weighted by Crippen LogP contribution is -2.49. The average Bonchev–Trinajstić information content (AvgIpc) is 2.35. The summed E-state index contributed by atoms with van der Waals surface area (Å²) in [6.07, 6.45) is 4.24. The Morgan fingerprint density at radius 3 is 2.83 bits per heavy atom. The van der Waals surface area contributed by atoms with Crippen molar-refractivity contribution < 1.29 is 4.79 Å². The Balaban J connectivity index is 2.09. The van der Waals surface area contributed by atoms with Crippen molar-refractivity contribution in [2.75, 3.05) is 0 Å². The van der Waals surface area contributed by atoms with Gasteiger partial charge in [-0.3, -0.25) is 4.79 Å². The summed E-state index contributed by atoms with van der Waals surface area (Å²) in [5, 5.41) is 3.03. The lowest BCUT2D eigenvalue weighted by Gasteiger charge is -2.29. The lowest BCUT2D eigenvalue weighted by atomic mass is 9.91. The summed E-state index contributed by atoms with van der Waals surface area (Å²) in [5.41, 5.74) is 6.64. The fraction of sp³-hybridized carbons (Fsp3) is 0.462. The van der Waals surface area contributed by atoms with Crippen LogP contribution in [0.5, 0.6) is 0 Å². The first kappa shape index (κ1) is 13.9. The zero-order chi connectivity index (χ0) is 13.1. The summed E-state index contributed by atoms with van der Waals surface area (Å²) >= 11 is 7.64. The number of nitrogens with two attached hydrogens (primary N) is 1. The van der Waals surface area contributed by atoms with Crippen LogP contribution in [0, 0.1) is 0 Å². The predicted octanol–water partition coefficient (Wildman–Crippen LogP) is 2.74. The maximum absolute atomic E-state index is 12.2. The monoisotopic (exact) mass is 328 g/mol. The predicted molar refractivity (Wildman–Crippen MR) is 79.1 cm³/mol. The minimum absolute atomic E-state index is 0.0701. The number of hydrogen-bond donors (Lipinski definition) is 3. The molecule has 1 fully saturated rings. The number of halogens is 1. The molecule has 0 saturated heterocycles. The largest absolute Gasteiger partial charge is 0.348 e. The highest BCUT2D eigenvalue weighted by Gasteiger charge is 2.24. The van der Waals surface area contributed by atoms with E-state index in [1.807, 2.05) is 12.1 Å². The molecule has 1 aliphatic rings. The second-order valence-corrected chi connectivity index (χ2v) is 6.06. The van der Waals surface area contributed by atoms with Gasteiger partial charge in [0.15, 0.2) is 0 Å². The average molecular weight is 329 g/mol. The van der Waals surface area contributed by atoms with Gasteiger partial charge in [0.25, 0.3) is 5.91 Å². The van der Waals surface area contributed by atoms with Crippen LogP contribution in [0.2, 0.25) is 0 Å². The van der Waals surface area contributed by atoms with Crippen LogP contribution in [0.3, 0.4) is 0 Å². The van der Waals surface area contributed by atoms with Crippen LogP contribution < -0.4 is 11.1 Å². The number of benzene rings is 1. The highest BCUT2D eigenvalue weighted by Crippen LogP contribution is 2.22. The SMILES string of the molecule is NC1CCCCC1NC(=O)c1cc(S)ccc1Br. The number of carbonyl (C=O) groups excluding carboxylic acids is 1. The Morgan fingerprint density at radius 1 is 1.39 bits per heavy atom. The maximum Gasteiger partial charge on any atom is 0.252 e. The molecule has 3 N–H and O–H groups in total. The van der Waals surface area contributed by atoms with Gasteiger partial charge in [-0.1, -0.05) is 12.8 Å². The Bertz CT molecular complexity index is 453. The van der Waals surface area contributed by atoms with E-state index in [-0.39, 0.29) is 18.0 Å². The van der Waals surface area contributed by atoms with Gasteiger partial charge >= 0.3 is 0 Å². The topological polar surface area (TPSA) is 55.1 Å². The Labute approximate surface area is 121 Å². The minimum Gasteiger partial charge on any atom is -0.348 e. The van der Waals surface area contributed by atoms with E-state index >= 15 is 0 Å². The molecule has 2 atom stereocenters. The van der Waals surface area contributed by atoms with E-state index in [9.17, 15) is 4.79 Å². The van der Waals surface area contributed by atoms with Crippen molar-refractivity contribution >= 4 is 34.5 Å². The van der Waals surface area contributed by atoms with E-state index in [4.69, 9.17) is 5.73 Å². The molecular weight excluding hydrogens is 312 g/mol. The maximum atomic E-state index is 12.2.